The van der Waals surface area contributed by atoms with Crippen molar-refractivity contribution in [1.82, 2.24) is 19.8 Å². The molecule has 0 spiro atoms. The van der Waals surface area contributed by atoms with E-state index in [0.29, 0.717) is 22.3 Å². The van der Waals surface area contributed by atoms with Crippen LogP contribution in [0.15, 0.2) is 42.5 Å². The Hall–Kier alpha value is -3.07. The highest BCUT2D eigenvalue weighted by Gasteiger charge is 2.13. The van der Waals surface area contributed by atoms with Crippen molar-refractivity contribution in [2.75, 3.05) is 5.32 Å². The highest BCUT2D eigenvalue weighted by atomic mass is 32.1. The van der Waals surface area contributed by atoms with Crippen molar-refractivity contribution >= 4 is 27.1 Å². The van der Waals surface area contributed by atoms with Crippen molar-refractivity contribution in [2.45, 2.75) is 6.42 Å². The summed E-state index contributed by atoms with van der Waals surface area (Å²) in [4.78, 5) is 0.550. The molecule has 0 unspecified atom stereocenters. The topological polar surface area (TPSA) is 75.3 Å². The number of nitrogens with zero attached hydrogens (tertiary/aromatic N) is 4. The third-order valence-electron chi connectivity index (χ3n) is 3.44. The Kier molecular flexibility index (Phi) is 3.77. The van der Waals surface area contributed by atoms with E-state index in [1.807, 2.05) is 6.07 Å². The molecule has 2 N–H and O–H groups in total. The molecule has 0 atom stereocenters. The summed E-state index contributed by atoms with van der Waals surface area (Å²) in [5.74, 6) is -0.576. The molecule has 0 aliphatic rings. The first-order chi connectivity index (χ1) is 12.1. The third-order valence-corrected chi connectivity index (χ3v) is 4.26. The summed E-state index contributed by atoms with van der Waals surface area (Å²) in [6, 6.07) is 10.0. The lowest BCUT2D eigenvalue weighted by molar-refractivity contribution is 0.474. The van der Waals surface area contributed by atoms with Gasteiger partial charge in [-0.15, -0.1) is 15.3 Å². The van der Waals surface area contributed by atoms with Crippen LogP contribution in [0, 0.1) is 11.6 Å². The average molecular weight is 359 g/mol. The van der Waals surface area contributed by atoms with Gasteiger partial charge in [0.2, 0.25) is 10.1 Å². The standard InChI is InChI=1S/C16H11F2N5OS/c17-10-6-11(18)8-12(7-10)19-15-22-23-14(20-21-16(23)25-15)5-9-2-1-3-13(24)4-9/h1-4,6-8,24H,5H2,(H,19,22). The molecule has 4 rings (SSSR count). The molecule has 0 aliphatic carbocycles. The van der Waals surface area contributed by atoms with E-state index in [2.05, 4.69) is 20.6 Å². The number of nitrogens with one attached hydrogen (secondary N) is 1. The summed E-state index contributed by atoms with van der Waals surface area (Å²) in [6.07, 6.45) is 0.438. The number of hydrogen-bond acceptors (Lipinski definition) is 6. The minimum Gasteiger partial charge on any atom is -0.508 e. The van der Waals surface area contributed by atoms with Gasteiger partial charge in [-0.3, -0.25) is 0 Å². The monoisotopic (exact) mass is 359 g/mol. The fourth-order valence-electron chi connectivity index (χ4n) is 2.42. The van der Waals surface area contributed by atoms with Crippen molar-refractivity contribution in [1.29, 1.82) is 0 Å². The molecular formula is C16H11F2N5OS. The molecular weight excluding hydrogens is 348 g/mol. The van der Waals surface area contributed by atoms with Crippen molar-refractivity contribution in [3.63, 3.8) is 0 Å². The zero-order chi connectivity index (χ0) is 17.4. The van der Waals surface area contributed by atoms with Crippen LogP contribution < -0.4 is 5.32 Å². The Morgan fingerprint density at radius 2 is 1.88 bits per heavy atom. The highest BCUT2D eigenvalue weighted by Crippen LogP contribution is 2.25. The number of anilines is 2. The first kappa shape index (κ1) is 15.5. The van der Waals surface area contributed by atoms with E-state index in [9.17, 15) is 13.9 Å². The molecule has 0 radical (unpaired) electrons. The maximum atomic E-state index is 13.3. The maximum Gasteiger partial charge on any atom is 0.236 e. The number of rotatable bonds is 4. The van der Waals surface area contributed by atoms with E-state index in [1.54, 1.807) is 22.7 Å². The molecule has 126 valence electrons. The van der Waals surface area contributed by atoms with Crippen molar-refractivity contribution in [2.24, 2.45) is 0 Å². The van der Waals surface area contributed by atoms with E-state index in [1.165, 1.54) is 23.5 Å². The lowest BCUT2D eigenvalue weighted by Crippen LogP contribution is -1.99. The van der Waals surface area contributed by atoms with Gasteiger partial charge in [0.1, 0.15) is 17.4 Å². The Balaban J connectivity index is 1.61. The number of phenols is 1. The van der Waals surface area contributed by atoms with Crippen LogP contribution in [0.1, 0.15) is 11.4 Å². The second kappa shape index (κ2) is 6.10. The van der Waals surface area contributed by atoms with Gasteiger partial charge in [-0.1, -0.05) is 23.5 Å². The number of hydrogen-bond donors (Lipinski definition) is 2. The molecule has 25 heavy (non-hydrogen) atoms. The Bertz CT molecular complexity index is 1040. The van der Waals surface area contributed by atoms with E-state index in [0.717, 1.165) is 11.6 Å². The smallest absolute Gasteiger partial charge is 0.236 e. The van der Waals surface area contributed by atoms with Gasteiger partial charge >= 0.3 is 0 Å². The van der Waals surface area contributed by atoms with Gasteiger partial charge in [-0.2, -0.15) is 4.52 Å². The normalized spacial score (nSPS) is 11.1. The number of aromatic nitrogens is 4. The second-order valence-corrected chi connectivity index (χ2v) is 6.30. The molecule has 2 aromatic carbocycles. The van der Waals surface area contributed by atoms with Crippen molar-refractivity contribution < 1.29 is 13.9 Å². The molecule has 2 aromatic heterocycles. The number of fused-ring (bicyclic) bond motifs is 1. The van der Waals surface area contributed by atoms with Crippen molar-refractivity contribution in [3.05, 3.63) is 65.5 Å². The minimum absolute atomic E-state index is 0.173. The number of aromatic hydroxyl groups is 1. The average Bonchev–Trinajstić information content (AvgIpc) is 3.08. The molecule has 0 fully saturated rings. The quantitative estimate of drug-likeness (QED) is 0.583. The van der Waals surface area contributed by atoms with Gasteiger partial charge in [0.15, 0.2) is 5.82 Å². The first-order valence-corrected chi connectivity index (χ1v) is 8.10. The number of benzene rings is 2. The van der Waals surface area contributed by atoms with Crippen LogP contribution in [-0.4, -0.2) is 24.9 Å². The Labute approximate surface area is 144 Å². The van der Waals surface area contributed by atoms with E-state index >= 15 is 0 Å². The van der Waals surface area contributed by atoms with Gasteiger partial charge < -0.3 is 10.4 Å². The van der Waals surface area contributed by atoms with E-state index < -0.39 is 11.6 Å². The summed E-state index contributed by atoms with van der Waals surface area (Å²) in [5.41, 5.74) is 1.13. The summed E-state index contributed by atoms with van der Waals surface area (Å²) >= 11 is 1.21. The van der Waals surface area contributed by atoms with Crippen LogP contribution in [0.25, 0.3) is 4.96 Å². The Morgan fingerprint density at radius 1 is 1.08 bits per heavy atom. The highest BCUT2D eigenvalue weighted by molar-refractivity contribution is 7.20. The van der Waals surface area contributed by atoms with Gasteiger partial charge in [0.05, 0.1) is 0 Å². The molecule has 0 saturated heterocycles. The SMILES string of the molecule is Oc1cccc(Cc2nnc3sc(Nc4cc(F)cc(F)c4)nn23)c1. The lowest BCUT2D eigenvalue weighted by Gasteiger charge is -2.02. The molecule has 0 amide bonds. The molecule has 2 heterocycles. The van der Waals surface area contributed by atoms with Gasteiger partial charge in [-0.25, -0.2) is 8.78 Å². The lowest BCUT2D eigenvalue weighted by atomic mass is 10.1. The molecule has 9 heteroatoms. The largest absolute Gasteiger partial charge is 0.508 e. The molecule has 0 bridgehead atoms. The van der Waals surface area contributed by atoms with Crippen LogP contribution >= 0.6 is 11.3 Å². The number of halogens is 2. The predicted octanol–water partition coefficient (Wildman–Crippen LogP) is 3.50. The Morgan fingerprint density at radius 3 is 2.64 bits per heavy atom. The van der Waals surface area contributed by atoms with E-state index in [4.69, 9.17) is 0 Å². The van der Waals surface area contributed by atoms with Crippen LogP contribution in [0.3, 0.4) is 0 Å². The van der Waals surface area contributed by atoms with Gasteiger partial charge in [0.25, 0.3) is 0 Å². The zero-order valence-electron chi connectivity index (χ0n) is 12.6. The fraction of sp³-hybridized carbons (Fsp3) is 0.0625. The van der Waals surface area contributed by atoms with Crippen LogP contribution in [0.5, 0.6) is 5.75 Å². The van der Waals surface area contributed by atoms with E-state index in [-0.39, 0.29) is 11.4 Å². The molecule has 6 nitrogen and oxygen atoms in total. The van der Waals surface area contributed by atoms with Crippen LogP contribution in [-0.2, 0) is 6.42 Å². The molecule has 0 aliphatic heterocycles. The number of phenolic OH excluding ortho intramolecular Hbond substituents is 1. The second-order valence-electron chi connectivity index (χ2n) is 5.35. The first-order valence-electron chi connectivity index (χ1n) is 7.29. The summed E-state index contributed by atoms with van der Waals surface area (Å²) in [5, 5.41) is 25.3. The molecule has 0 saturated carbocycles. The summed E-state index contributed by atoms with van der Waals surface area (Å²) < 4.78 is 28.1. The van der Waals surface area contributed by atoms with Gasteiger partial charge in [-0.05, 0) is 29.8 Å². The van der Waals surface area contributed by atoms with Crippen molar-refractivity contribution in [3.8, 4) is 5.75 Å². The fourth-order valence-corrected chi connectivity index (χ4v) is 3.20. The summed E-state index contributed by atoms with van der Waals surface area (Å²) in [6.45, 7) is 0. The molecule has 4 aromatic rings. The third kappa shape index (κ3) is 3.26. The van der Waals surface area contributed by atoms with Crippen LogP contribution in [0.4, 0.5) is 19.6 Å². The predicted molar refractivity (Wildman–Crippen MR) is 89.2 cm³/mol. The minimum atomic E-state index is -0.671. The summed E-state index contributed by atoms with van der Waals surface area (Å²) in [7, 11) is 0. The van der Waals surface area contributed by atoms with Crippen LogP contribution in [0.2, 0.25) is 0 Å². The van der Waals surface area contributed by atoms with Gasteiger partial charge in [0, 0.05) is 18.2 Å². The zero-order valence-corrected chi connectivity index (χ0v) is 13.5. The maximum absolute atomic E-state index is 13.3.